The molecule has 5 rings (SSSR count). The summed E-state index contributed by atoms with van der Waals surface area (Å²) in [4.78, 5) is 20.8. The van der Waals surface area contributed by atoms with Crippen molar-refractivity contribution in [2.75, 3.05) is 61.1 Å². The standard InChI is InChI=1S/C20H25N7OS/c1-28-13-18-23-20(29-24-18)27-10-8-25(9-11-27)15-4-5-17-16(12-15)19(22-14-21-17)26-6-2-3-7-26/h4-5,12,14H,2-3,6-11,13H2,1H3. The lowest BCUT2D eigenvalue weighted by Crippen LogP contribution is -2.46. The summed E-state index contributed by atoms with van der Waals surface area (Å²) in [6.07, 6.45) is 4.17. The molecule has 2 aliphatic heterocycles. The van der Waals surface area contributed by atoms with Gasteiger partial charge in [-0.25, -0.2) is 15.0 Å². The Morgan fingerprint density at radius 2 is 1.76 bits per heavy atom. The van der Waals surface area contributed by atoms with Gasteiger partial charge in [0, 0.05) is 69.0 Å². The van der Waals surface area contributed by atoms with Crippen LogP contribution in [0.4, 0.5) is 16.6 Å². The van der Waals surface area contributed by atoms with E-state index in [0.717, 1.165) is 66.9 Å². The highest BCUT2D eigenvalue weighted by Crippen LogP contribution is 2.30. The molecule has 0 bridgehead atoms. The molecule has 0 aliphatic carbocycles. The summed E-state index contributed by atoms with van der Waals surface area (Å²) in [5.74, 6) is 1.84. The molecule has 2 fully saturated rings. The third-order valence-electron chi connectivity index (χ3n) is 5.65. The van der Waals surface area contributed by atoms with Crippen LogP contribution >= 0.6 is 11.5 Å². The minimum absolute atomic E-state index is 0.467. The average Bonchev–Trinajstić information content (AvgIpc) is 3.46. The van der Waals surface area contributed by atoms with E-state index in [1.807, 2.05) is 0 Å². The number of nitrogens with zero attached hydrogens (tertiary/aromatic N) is 7. The number of rotatable bonds is 5. The normalized spacial score (nSPS) is 17.5. The van der Waals surface area contributed by atoms with Crippen molar-refractivity contribution in [3.63, 3.8) is 0 Å². The van der Waals surface area contributed by atoms with Crippen molar-refractivity contribution in [1.82, 2.24) is 19.3 Å². The minimum Gasteiger partial charge on any atom is -0.377 e. The zero-order valence-electron chi connectivity index (χ0n) is 16.6. The lowest BCUT2D eigenvalue weighted by molar-refractivity contribution is 0.179. The molecule has 0 unspecified atom stereocenters. The SMILES string of the molecule is COCc1nsc(N2CCN(c3ccc4ncnc(N5CCCC5)c4c3)CC2)n1. The maximum absolute atomic E-state index is 5.13. The molecule has 0 atom stereocenters. The van der Waals surface area contributed by atoms with E-state index >= 15 is 0 Å². The number of benzene rings is 1. The van der Waals surface area contributed by atoms with Crippen LogP contribution < -0.4 is 14.7 Å². The predicted molar refractivity (Wildman–Crippen MR) is 116 cm³/mol. The van der Waals surface area contributed by atoms with Crippen LogP contribution in [-0.4, -0.2) is 65.7 Å². The minimum atomic E-state index is 0.467. The molecule has 4 heterocycles. The van der Waals surface area contributed by atoms with Crippen LogP contribution in [0.3, 0.4) is 0 Å². The maximum atomic E-state index is 5.13. The van der Waals surface area contributed by atoms with Gasteiger partial charge >= 0.3 is 0 Å². The van der Waals surface area contributed by atoms with Crippen molar-refractivity contribution < 1.29 is 4.74 Å². The van der Waals surface area contributed by atoms with Crippen LogP contribution in [0.5, 0.6) is 0 Å². The van der Waals surface area contributed by atoms with Gasteiger partial charge in [0.15, 0.2) is 5.82 Å². The average molecular weight is 412 g/mol. The molecule has 152 valence electrons. The number of aromatic nitrogens is 4. The lowest BCUT2D eigenvalue weighted by Gasteiger charge is -2.36. The molecule has 2 saturated heterocycles. The summed E-state index contributed by atoms with van der Waals surface area (Å²) in [6, 6.07) is 6.57. The highest BCUT2D eigenvalue weighted by atomic mass is 32.1. The van der Waals surface area contributed by atoms with Gasteiger partial charge in [-0.3, -0.25) is 0 Å². The molecular formula is C20H25N7OS. The second-order valence-corrected chi connectivity index (χ2v) is 8.22. The fourth-order valence-electron chi connectivity index (χ4n) is 4.13. The number of methoxy groups -OCH3 is 1. The number of hydrogen-bond donors (Lipinski definition) is 0. The first kappa shape index (κ1) is 18.5. The van der Waals surface area contributed by atoms with Gasteiger partial charge in [-0.15, -0.1) is 0 Å². The molecule has 0 radical (unpaired) electrons. The van der Waals surface area contributed by atoms with E-state index in [9.17, 15) is 0 Å². The van der Waals surface area contributed by atoms with Crippen LogP contribution in [0.2, 0.25) is 0 Å². The molecule has 8 nitrogen and oxygen atoms in total. The van der Waals surface area contributed by atoms with Gasteiger partial charge in [0.05, 0.1) is 5.52 Å². The Morgan fingerprint density at radius 3 is 2.55 bits per heavy atom. The zero-order valence-corrected chi connectivity index (χ0v) is 17.4. The summed E-state index contributed by atoms with van der Waals surface area (Å²) in [6.45, 7) is 6.42. The molecule has 3 aromatic rings. The predicted octanol–water partition coefficient (Wildman–Crippen LogP) is 2.55. The molecule has 29 heavy (non-hydrogen) atoms. The van der Waals surface area contributed by atoms with Gasteiger partial charge in [-0.1, -0.05) is 0 Å². The number of piperazine rings is 1. The van der Waals surface area contributed by atoms with Crippen LogP contribution in [0.15, 0.2) is 24.5 Å². The van der Waals surface area contributed by atoms with E-state index in [2.05, 4.69) is 52.2 Å². The monoisotopic (exact) mass is 411 g/mol. The summed E-state index contributed by atoms with van der Waals surface area (Å²) in [7, 11) is 1.67. The van der Waals surface area contributed by atoms with Crippen LogP contribution in [0.1, 0.15) is 18.7 Å². The summed E-state index contributed by atoms with van der Waals surface area (Å²) in [5, 5.41) is 2.14. The molecule has 2 aliphatic rings. The highest BCUT2D eigenvalue weighted by Gasteiger charge is 2.22. The topological polar surface area (TPSA) is 70.5 Å². The lowest BCUT2D eigenvalue weighted by atomic mass is 10.1. The van der Waals surface area contributed by atoms with E-state index < -0.39 is 0 Å². The molecule has 0 saturated carbocycles. The Labute approximate surface area is 174 Å². The Morgan fingerprint density at radius 1 is 0.966 bits per heavy atom. The Hall–Kier alpha value is -2.52. The first-order chi connectivity index (χ1) is 14.3. The van der Waals surface area contributed by atoms with Gasteiger partial charge in [0.1, 0.15) is 18.8 Å². The van der Waals surface area contributed by atoms with E-state index in [-0.39, 0.29) is 0 Å². The van der Waals surface area contributed by atoms with E-state index in [1.165, 1.54) is 30.1 Å². The Balaban J connectivity index is 1.33. The van der Waals surface area contributed by atoms with Gasteiger partial charge in [0.25, 0.3) is 0 Å². The third-order valence-corrected chi connectivity index (χ3v) is 6.46. The third kappa shape index (κ3) is 3.72. The number of fused-ring (bicyclic) bond motifs is 1. The van der Waals surface area contributed by atoms with E-state index in [1.54, 1.807) is 13.4 Å². The quantitative estimate of drug-likeness (QED) is 0.634. The van der Waals surface area contributed by atoms with Crippen molar-refractivity contribution in [3.05, 3.63) is 30.4 Å². The van der Waals surface area contributed by atoms with Crippen LogP contribution in [0, 0.1) is 0 Å². The number of anilines is 3. The van der Waals surface area contributed by atoms with Gasteiger partial charge in [-0.2, -0.15) is 4.37 Å². The summed E-state index contributed by atoms with van der Waals surface area (Å²) < 4.78 is 9.50. The van der Waals surface area contributed by atoms with Gasteiger partial charge in [-0.05, 0) is 31.0 Å². The second kappa shape index (κ2) is 8.08. The van der Waals surface area contributed by atoms with Crippen LogP contribution in [-0.2, 0) is 11.3 Å². The number of hydrogen-bond acceptors (Lipinski definition) is 9. The molecule has 2 aromatic heterocycles. The second-order valence-electron chi connectivity index (χ2n) is 7.49. The summed E-state index contributed by atoms with van der Waals surface area (Å²) in [5.41, 5.74) is 2.26. The first-order valence-corrected chi connectivity index (χ1v) is 10.9. The Kier molecular flexibility index (Phi) is 5.15. The van der Waals surface area contributed by atoms with Crippen molar-refractivity contribution in [2.45, 2.75) is 19.4 Å². The molecule has 0 N–H and O–H groups in total. The van der Waals surface area contributed by atoms with Gasteiger partial charge in [0.2, 0.25) is 5.13 Å². The molecule has 9 heteroatoms. The number of ether oxygens (including phenoxy) is 1. The Bertz CT molecular complexity index is 980. The van der Waals surface area contributed by atoms with E-state index in [0.29, 0.717) is 6.61 Å². The van der Waals surface area contributed by atoms with Crippen molar-refractivity contribution in [3.8, 4) is 0 Å². The summed E-state index contributed by atoms with van der Waals surface area (Å²) >= 11 is 1.46. The highest BCUT2D eigenvalue weighted by molar-refractivity contribution is 7.09. The fourth-order valence-corrected chi connectivity index (χ4v) is 4.85. The molecule has 1 aromatic carbocycles. The molecular weight excluding hydrogens is 386 g/mol. The molecule has 0 amide bonds. The van der Waals surface area contributed by atoms with E-state index in [4.69, 9.17) is 4.74 Å². The fraction of sp³-hybridized carbons (Fsp3) is 0.500. The van der Waals surface area contributed by atoms with Crippen molar-refractivity contribution in [2.24, 2.45) is 0 Å². The van der Waals surface area contributed by atoms with Crippen molar-refractivity contribution >= 4 is 39.1 Å². The first-order valence-electron chi connectivity index (χ1n) is 10.1. The van der Waals surface area contributed by atoms with Gasteiger partial charge < -0.3 is 19.4 Å². The zero-order chi connectivity index (χ0) is 19.6. The van der Waals surface area contributed by atoms with Crippen LogP contribution in [0.25, 0.3) is 10.9 Å². The molecule has 0 spiro atoms. The van der Waals surface area contributed by atoms with Crippen molar-refractivity contribution in [1.29, 1.82) is 0 Å². The smallest absolute Gasteiger partial charge is 0.205 e. The maximum Gasteiger partial charge on any atom is 0.205 e. The largest absolute Gasteiger partial charge is 0.377 e.